The van der Waals surface area contributed by atoms with Gasteiger partial charge < -0.3 is 9.88 Å². The number of benzene rings is 1. The van der Waals surface area contributed by atoms with E-state index in [1.54, 1.807) is 42.7 Å². The number of nitriles is 1. The largest absolute Gasteiger partial charge is 0.324 e. The molecule has 194 valence electrons. The number of nitrogens with one attached hydrogen (secondary N) is 1. The zero-order chi connectivity index (χ0) is 24.7. The highest BCUT2D eigenvalue weighted by Crippen LogP contribution is 2.41. The Hall–Kier alpha value is -2.93. The van der Waals surface area contributed by atoms with Crippen LogP contribution < -0.4 is 5.32 Å². The highest BCUT2D eigenvalue weighted by molar-refractivity contribution is 7.90. The van der Waals surface area contributed by atoms with Crippen molar-refractivity contribution in [3.63, 3.8) is 0 Å². The first-order valence-electron chi connectivity index (χ1n) is 12.8. The molecule has 2 aliphatic rings. The van der Waals surface area contributed by atoms with E-state index >= 15 is 0 Å². The Kier molecular flexibility index (Phi) is 7.26. The van der Waals surface area contributed by atoms with E-state index in [1.807, 2.05) is 6.07 Å². The van der Waals surface area contributed by atoms with Crippen LogP contribution in [-0.2, 0) is 10.0 Å². The summed E-state index contributed by atoms with van der Waals surface area (Å²) in [6, 6.07) is 13.0. The maximum Gasteiger partial charge on any atom is 0.269 e. The molecule has 8 nitrogen and oxygen atoms in total. The standard InChI is InChI=1S/C27H30N6O2S.ClH/c28-14-10-19-6-8-21(9-7-19)33-25-23-13-17-32(36(34,35)22-4-2-1-3-5-22)27(23)30-18-24(25)31-26(33)20-11-15-29-16-12-20;/h1-5,13,17-21,29H,6-12,15-16H2;1H/t19-,21-;. The highest BCUT2D eigenvalue weighted by Gasteiger charge is 2.31. The van der Waals surface area contributed by atoms with Crippen LogP contribution in [0, 0.1) is 17.2 Å². The molecule has 1 N–H and O–H groups in total. The molecule has 4 aromatic rings. The van der Waals surface area contributed by atoms with Gasteiger partial charge in [0.1, 0.15) is 11.3 Å². The third kappa shape index (κ3) is 4.52. The lowest BCUT2D eigenvalue weighted by atomic mass is 9.84. The van der Waals surface area contributed by atoms with Crippen molar-refractivity contribution in [1.82, 2.24) is 23.8 Å². The summed E-state index contributed by atoms with van der Waals surface area (Å²) in [6.07, 6.45) is 10.1. The van der Waals surface area contributed by atoms with Gasteiger partial charge in [-0.3, -0.25) is 0 Å². The van der Waals surface area contributed by atoms with E-state index in [4.69, 9.17) is 10.2 Å². The number of nitrogens with zero attached hydrogens (tertiary/aromatic N) is 5. The van der Waals surface area contributed by atoms with Crippen LogP contribution in [0.15, 0.2) is 53.7 Å². The maximum atomic E-state index is 13.4. The Balaban J connectivity index is 0.00000280. The first kappa shape index (κ1) is 25.7. The molecule has 0 unspecified atom stereocenters. The molecule has 0 amide bonds. The average Bonchev–Trinajstić information content (AvgIpc) is 3.53. The summed E-state index contributed by atoms with van der Waals surface area (Å²) >= 11 is 0. The second-order valence-electron chi connectivity index (χ2n) is 10.1. The van der Waals surface area contributed by atoms with Crippen LogP contribution in [0.2, 0.25) is 0 Å². The van der Waals surface area contributed by atoms with Gasteiger partial charge in [0.2, 0.25) is 0 Å². The second kappa shape index (κ2) is 10.4. The van der Waals surface area contributed by atoms with Crippen molar-refractivity contribution in [2.24, 2.45) is 5.92 Å². The van der Waals surface area contributed by atoms with Crippen molar-refractivity contribution in [3.05, 3.63) is 54.6 Å². The molecule has 0 spiro atoms. The Morgan fingerprint density at radius 2 is 1.76 bits per heavy atom. The Morgan fingerprint density at radius 3 is 2.46 bits per heavy atom. The molecule has 0 radical (unpaired) electrons. The number of fused-ring (bicyclic) bond motifs is 3. The van der Waals surface area contributed by atoms with E-state index in [0.717, 1.165) is 73.9 Å². The number of hydrogen-bond donors (Lipinski definition) is 1. The normalized spacial score (nSPS) is 21.1. The van der Waals surface area contributed by atoms with Crippen molar-refractivity contribution in [1.29, 1.82) is 5.26 Å². The van der Waals surface area contributed by atoms with Gasteiger partial charge in [-0.25, -0.2) is 22.4 Å². The Morgan fingerprint density at radius 1 is 1.03 bits per heavy atom. The fourth-order valence-electron chi connectivity index (χ4n) is 6.04. The van der Waals surface area contributed by atoms with Crippen molar-refractivity contribution in [2.75, 3.05) is 13.1 Å². The molecule has 2 fully saturated rings. The molecule has 1 aliphatic heterocycles. The summed E-state index contributed by atoms with van der Waals surface area (Å²) in [5.74, 6) is 1.92. The second-order valence-corrected chi connectivity index (χ2v) is 11.9. The molecule has 3 aromatic heterocycles. The number of imidazole rings is 1. The van der Waals surface area contributed by atoms with E-state index in [0.29, 0.717) is 23.9 Å². The lowest BCUT2D eigenvalue weighted by Gasteiger charge is -2.32. The van der Waals surface area contributed by atoms with E-state index in [1.165, 1.54) is 3.97 Å². The SMILES string of the molecule is Cl.N#CC[C@H]1CC[C@H](n2c(C3CCNCC3)nc3cnc4c(ccn4S(=O)(=O)c4ccccc4)c32)CC1. The predicted octanol–water partition coefficient (Wildman–Crippen LogP) is 5.16. The average molecular weight is 539 g/mol. The summed E-state index contributed by atoms with van der Waals surface area (Å²) in [5.41, 5.74) is 2.24. The minimum absolute atomic E-state index is 0. The first-order valence-corrected chi connectivity index (χ1v) is 14.3. The molecule has 0 atom stereocenters. The zero-order valence-corrected chi connectivity index (χ0v) is 22.2. The minimum atomic E-state index is -3.77. The Bertz CT molecular complexity index is 1540. The number of rotatable bonds is 5. The monoisotopic (exact) mass is 538 g/mol. The van der Waals surface area contributed by atoms with E-state index < -0.39 is 10.0 Å². The number of piperidine rings is 1. The van der Waals surface area contributed by atoms with Crippen LogP contribution in [-0.4, -0.2) is 40.0 Å². The van der Waals surface area contributed by atoms with Gasteiger partial charge in [0.05, 0.1) is 22.7 Å². The van der Waals surface area contributed by atoms with E-state index in [9.17, 15) is 8.42 Å². The molecule has 1 saturated heterocycles. The molecule has 0 bridgehead atoms. The third-order valence-corrected chi connectivity index (χ3v) is 9.60. The van der Waals surface area contributed by atoms with Gasteiger partial charge in [-0.1, -0.05) is 18.2 Å². The van der Waals surface area contributed by atoms with Crippen LogP contribution >= 0.6 is 12.4 Å². The smallest absolute Gasteiger partial charge is 0.269 e. The van der Waals surface area contributed by atoms with E-state index in [2.05, 4.69) is 20.9 Å². The molecule has 6 rings (SSSR count). The van der Waals surface area contributed by atoms with Crippen molar-refractivity contribution in [2.45, 2.75) is 61.8 Å². The molecule has 1 saturated carbocycles. The molecule has 4 heterocycles. The van der Waals surface area contributed by atoms with E-state index in [-0.39, 0.29) is 23.3 Å². The number of halogens is 1. The quantitative estimate of drug-likeness (QED) is 0.376. The summed E-state index contributed by atoms with van der Waals surface area (Å²) < 4.78 is 30.6. The molecular weight excluding hydrogens is 508 g/mol. The van der Waals surface area contributed by atoms with Crippen molar-refractivity contribution >= 4 is 44.5 Å². The topological polar surface area (TPSA) is 106 Å². The van der Waals surface area contributed by atoms with Crippen LogP contribution in [0.3, 0.4) is 0 Å². The summed E-state index contributed by atoms with van der Waals surface area (Å²) in [6.45, 7) is 1.95. The number of pyridine rings is 1. The minimum Gasteiger partial charge on any atom is -0.324 e. The predicted molar refractivity (Wildman–Crippen MR) is 145 cm³/mol. The highest BCUT2D eigenvalue weighted by atomic mass is 35.5. The Labute approximate surface area is 223 Å². The summed E-state index contributed by atoms with van der Waals surface area (Å²) in [5, 5.41) is 13.4. The van der Waals surface area contributed by atoms with Crippen LogP contribution in [0.1, 0.15) is 62.7 Å². The molecule has 37 heavy (non-hydrogen) atoms. The summed E-state index contributed by atoms with van der Waals surface area (Å²) in [4.78, 5) is 9.95. The van der Waals surface area contributed by atoms with Gasteiger partial charge in [0.25, 0.3) is 10.0 Å². The van der Waals surface area contributed by atoms with Gasteiger partial charge in [0.15, 0.2) is 5.65 Å². The van der Waals surface area contributed by atoms with Gasteiger partial charge in [-0.2, -0.15) is 5.26 Å². The van der Waals surface area contributed by atoms with Gasteiger partial charge in [-0.05, 0) is 75.7 Å². The maximum absolute atomic E-state index is 13.4. The van der Waals surface area contributed by atoms with Gasteiger partial charge in [-0.15, -0.1) is 12.4 Å². The molecular formula is C27H31ClN6O2S. The van der Waals surface area contributed by atoms with Crippen molar-refractivity contribution in [3.8, 4) is 6.07 Å². The van der Waals surface area contributed by atoms with Crippen LogP contribution in [0.5, 0.6) is 0 Å². The zero-order valence-electron chi connectivity index (χ0n) is 20.6. The van der Waals surface area contributed by atoms with Crippen molar-refractivity contribution < 1.29 is 8.42 Å². The summed E-state index contributed by atoms with van der Waals surface area (Å²) in [7, 11) is -3.77. The molecule has 1 aromatic carbocycles. The lowest BCUT2D eigenvalue weighted by Crippen LogP contribution is -2.29. The lowest BCUT2D eigenvalue weighted by molar-refractivity contribution is 0.272. The third-order valence-electron chi connectivity index (χ3n) is 7.92. The van der Waals surface area contributed by atoms with Gasteiger partial charge in [0, 0.05) is 30.0 Å². The fourth-order valence-corrected chi connectivity index (χ4v) is 7.36. The number of hydrogen-bond acceptors (Lipinski definition) is 6. The molecule has 10 heteroatoms. The molecule has 1 aliphatic carbocycles. The first-order chi connectivity index (χ1) is 17.6. The van der Waals surface area contributed by atoms with Gasteiger partial charge >= 0.3 is 0 Å². The van der Waals surface area contributed by atoms with Crippen LogP contribution in [0.25, 0.3) is 22.1 Å². The van der Waals surface area contributed by atoms with Crippen LogP contribution in [0.4, 0.5) is 0 Å². The fraction of sp³-hybridized carbons (Fsp3) is 0.444. The number of aromatic nitrogens is 4.